The second kappa shape index (κ2) is 5.00. The summed E-state index contributed by atoms with van der Waals surface area (Å²) >= 11 is 0. The second-order valence-corrected chi connectivity index (χ2v) is 6.62. The van der Waals surface area contributed by atoms with Crippen LogP contribution in [0.5, 0.6) is 0 Å². The van der Waals surface area contributed by atoms with Crippen LogP contribution in [0.25, 0.3) is 0 Å². The molecule has 0 radical (unpaired) electrons. The van der Waals surface area contributed by atoms with Gasteiger partial charge in [0.05, 0.1) is 5.75 Å². The SMILES string of the molecule is NS(=O)(=O)CCCNC1CCN(C2CC2)C1. The van der Waals surface area contributed by atoms with Crippen LogP contribution < -0.4 is 10.5 Å². The Morgan fingerprint density at radius 3 is 2.69 bits per heavy atom. The van der Waals surface area contributed by atoms with Gasteiger partial charge in [-0.25, -0.2) is 13.6 Å². The average Bonchev–Trinajstić information content (AvgIpc) is 2.93. The molecule has 2 rings (SSSR count). The van der Waals surface area contributed by atoms with Gasteiger partial charge < -0.3 is 5.32 Å². The van der Waals surface area contributed by atoms with Crippen molar-refractivity contribution in [1.82, 2.24) is 10.2 Å². The first-order valence-electron chi connectivity index (χ1n) is 6.02. The maximum atomic E-state index is 10.7. The Balaban J connectivity index is 1.57. The summed E-state index contributed by atoms with van der Waals surface area (Å²) in [6.45, 7) is 3.07. The fourth-order valence-corrected chi connectivity index (χ4v) is 2.85. The molecule has 1 atom stereocenters. The summed E-state index contributed by atoms with van der Waals surface area (Å²) in [4.78, 5) is 2.54. The molecule has 3 N–H and O–H groups in total. The van der Waals surface area contributed by atoms with E-state index in [1.165, 1.54) is 25.8 Å². The molecule has 1 unspecified atom stereocenters. The molecule has 1 saturated carbocycles. The van der Waals surface area contributed by atoms with Gasteiger partial charge in [-0.05, 0) is 32.2 Å². The molecule has 2 fully saturated rings. The van der Waals surface area contributed by atoms with E-state index in [2.05, 4.69) is 10.2 Å². The molecule has 5 nitrogen and oxygen atoms in total. The van der Waals surface area contributed by atoms with Crippen molar-refractivity contribution < 1.29 is 8.42 Å². The number of rotatable bonds is 6. The first-order chi connectivity index (χ1) is 7.54. The summed E-state index contributed by atoms with van der Waals surface area (Å²) in [5, 5.41) is 8.34. The Morgan fingerprint density at radius 1 is 1.31 bits per heavy atom. The van der Waals surface area contributed by atoms with Gasteiger partial charge in [0.1, 0.15) is 0 Å². The van der Waals surface area contributed by atoms with E-state index in [4.69, 9.17) is 5.14 Å². The Hall–Kier alpha value is -0.170. The van der Waals surface area contributed by atoms with E-state index in [0.717, 1.165) is 19.1 Å². The van der Waals surface area contributed by atoms with Crippen LogP contribution in [0.4, 0.5) is 0 Å². The molecule has 0 aromatic rings. The van der Waals surface area contributed by atoms with Gasteiger partial charge in [-0.3, -0.25) is 4.90 Å². The number of likely N-dealkylation sites (tertiary alicyclic amines) is 1. The quantitative estimate of drug-likeness (QED) is 0.620. The summed E-state index contributed by atoms with van der Waals surface area (Å²) in [5.41, 5.74) is 0. The maximum Gasteiger partial charge on any atom is 0.209 e. The van der Waals surface area contributed by atoms with E-state index in [1.54, 1.807) is 0 Å². The lowest BCUT2D eigenvalue weighted by Gasteiger charge is -2.15. The number of primary sulfonamides is 1. The third kappa shape index (κ3) is 4.01. The van der Waals surface area contributed by atoms with E-state index >= 15 is 0 Å². The second-order valence-electron chi connectivity index (χ2n) is 4.89. The van der Waals surface area contributed by atoms with Crippen molar-refractivity contribution in [1.29, 1.82) is 0 Å². The van der Waals surface area contributed by atoms with Crippen LogP contribution in [0.1, 0.15) is 25.7 Å². The first kappa shape index (κ1) is 12.3. The topological polar surface area (TPSA) is 75.4 Å². The average molecular weight is 247 g/mol. The van der Waals surface area contributed by atoms with Gasteiger partial charge in [0.15, 0.2) is 0 Å². The van der Waals surface area contributed by atoms with Gasteiger partial charge in [0.25, 0.3) is 0 Å². The van der Waals surface area contributed by atoms with Crippen LogP contribution in [-0.2, 0) is 10.0 Å². The summed E-state index contributed by atoms with van der Waals surface area (Å²) in [7, 11) is -3.28. The van der Waals surface area contributed by atoms with E-state index in [9.17, 15) is 8.42 Å². The molecule has 0 spiro atoms. The van der Waals surface area contributed by atoms with E-state index in [1.807, 2.05) is 0 Å². The predicted octanol–water partition coefficient (Wildman–Crippen LogP) is -0.509. The van der Waals surface area contributed by atoms with Gasteiger partial charge in [-0.15, -0.1) is 0 Å². The fourth-order valence-electron chi connectivity index (χ4n) is 2.30. The number of nitrogens with two attached hydrogens (primary N) is 1. The van der Waals surface area contributed by atoms with Crippen molar-refractivity contribution in [2.75, 3.05) is 25.4 Å². The number of hydrogen-bond donors (Lipinski definition) is 2. The molecular weight excluding hydrogens is 226 g/mol. The van der Waals surface area contributed by atoms with Crippen molar-refractivity contribution >= 4 is 10.0 Å². The zero-order valence-corrected chi connectivity index (χ0v) is 10.4. The Morgan fingerprint density at radius 2 is 2.06 bits per heavy atom. The predicted molar refractivity (Wildman–Crippen MR) is 63.6 cm³/mol. The highest BCUT2D eigenvalue weighted by atomic mass is 32.2. The van der Waals surface area contributed by atoms with Gasteiger partial charge in [-0.1, -0.05) is 0 Å². The van der Waals surface area contributed by atoms with E-state index < -0.39 is 10.0 Å². The smallest absolute Gasteiger partial charge is 0.209 e. The van der Waals surface area contributed by atoms with Crippen LogP contribution in [0.3, 0.4) is 0 Å². The van der Waals surface area contributed by atoms with E-state index in [0.29, 0.717) is 12.5 Å². The molecule has 1 heterocycles. The molecule has 0 amide bonds. The number of sulfonamides is 1. The van der Waals surface area contributed by atoms with Gasteiger partial charge in [0, 0.05) is 25.2 Å². The van der Waals surface area contributed by atoms with Crippen molar-refractivity contribution in [2.45, 2.75) is 37.8 Å². The first-order valence-corrected chi connectivity index (χ1v) is 7.74. The standard InChI is InChI=1S/C10H21N3O2S/c11-16(14,15)7-1-5-12-9-4-6-13(8-9)10-2-3-10/h9-10,12H,1-8H2,(H2,11,14,15). The highest BCUT2D eigenvalue weighted by Crippen LogP contribution is 2.29. The maximum absolute atomic E-state index is 10.7. The largest absolute Gasteiger partial charge is 0.313 e. The van der Waals surface area contributed by atoms with Crippen LogP contribution in [0.15, 0.2) is 0 Å². The lowest BCUT2D eigenvalue weighted by Crippen LogP contribution is -2.34. The highest BCUT2D eigenvalue weighted by molar-refractivity contribution is 7.89. The minimum absolute atomic E-state index is 0.0824. The molecule has 0 bridgehead atoms. The monoisotopic (exact) mass is 247 g/mol. The molecular formula is C10H21N3O2S. The Labute approximate surface area is 97.4 Å². The van der Waals surface area contributed by atoms with Crippen molar-refractivity contribution in [3.63, 3.8) is 0 Å². The Kier molecular flexibility index (Phi) is 3.84. The Bertz CT molecular complexity index is 327. The van der Waals surface area contributed by atoms with Gasteiger partial charge in [0.2, 0.25) is 10.0 Å². The molecule has 0 aromatic heterocycles. The van der Waals surface area contributed by atoms with Gasteiger partial charge >= 0.3 is 0 Å². The van der Waals surface area contributed by atoms with Crippen LogP contribution >= 0.6 is 0 Å². The highest BCUT2D eigenvalue weighted by Gasteiger charge is 2.33. The minimum atomic E-state index is -3.28. The number of nitrogens with one attached hydrogen (secondary N) is 1. The summed E-state index contributed by atoms with van der Waals surface area (Å²) in [6, 6.07) is 1.39. The minimum Gasteiger partial charge on any atom is -0.313 e. The van der Waals surface area contributed by atoms with Crippen molar-refractivity contribution in [3.05, 3.63) is 0 Å². The fraction of sp³-hybridized carbons (Fsp3) is 1.00. The molecule has 1 saturated heterocycles. The van der Waals surface area contributed by atoms with Crippen molar-refractivity contribution in [2.24, 2.45) is 5.14 Å². The summed E-state index contributed by atoms with van der Waals surface area (Å²) in [5.74, 6) is 0.0824. The lowest BCUT2D eigenvalue weighted by molar-refractivity contribution is 0.317. The molecule has 0 aromatic carbocycles. The zero-order valence-electron chi connectivity index (χ0n) is 9.56. The molecule has 1 aliphatic carbocycles. The lowest BCUT2D eigenvalue weighted by atomic mass is 10.2. The van der Waals surface area contributed by atoms with Crippen LogP contribution in [0, 0.1) is 0 Å². The molecule has 16 heavy (non-hydrogen) atoms. The third-order valence-corrected chi connectivity index (χ3v) is 4.18. The summed E-state index contributed by atoms with van der Waals surface area (Å²) < 4.78 is 21.4. The molecule has 94 valence electrons. The van der Waals surface area contributed by atoms with E-state index in [-0.39, 0.29) is 5.75 Å². The normalized spacial score (nSPS) is 27.4. The van der Waals surface area contributed by atoms with Crippen LogP contribution in [-0.4, -0.2) is 50.8 Å². The molecule has 1 aliphatic heterocycles. The van der Waals surface area contributed by atoms with Crippen LogP contribution in [0.2, 0.25) is 0 Å². The summed E-state index contributed by atoms with van der Waals surface area (Å²) in [6.07, 6.45) is 4.51. The number of nitrogens with zero attached hydrogens (tertiary/aromatic N) is 1. The van der Waals surface area contributed by atoms with Gasteiger partial charge in [-0.2, -0.15) is 0 Å². The third-order valence-electron chi connectivity index (χ3n) is 3.32. The molecule has 2 aliphatic rings. The number of hydrogen-bond acceptors (Lipinski definition) is 4. The molecule has 6 heteroatoms. The van der Waals surface area contributed by atoms with Crippen molar-refractivity contribution in [3.8, 4) is 0 Å². The zero-order chi connectivity index (χ0) is 11.6.